The van der Waals surface area contributed by atoms with Crippen molar-refractivity contribution in [2.24, 2.45) is 7.05 Å². The van der Waals surface area contributed by atoms with Gasteiger partial charge in [-0.2, -0.15) is 10.1 Å². The fourth-order valence-corrected chi connectivity index (χ4v) is 3.13. The summed E-state index contributed by atoms with van der Waals surface area (Å²) in [5.41, 5.74) is 2.09. The van der Waals surface area contributed by atoms with Gasteiger partial charge in [-0.05, 0) is 31.0 Å². The number of benzene rings is 1. The molecule has 0 unspecified atom stereocenters. The molecule has 0 aliphatic carbocycles. The molecule has 25 heavy (non-hydrogen) atoms. The Kier molecular flexibility index (Phi) is 4.23. The van der Waals surface area contributed by atoms with E-state index in [0.29, 0.717) is 18.3 Å². The van der Waals surface area contributed by atoms with Gasteiger partial charge in [0.1, 0.15) is 11.9 Å². The Balaban J connectivity index is 1.47. The third-order valence-electron chi connectivity index (χ3n) is 4.49. The first kappa shape index (κ1) is 15.8. The van der Waals surface area contributed by atoms with Gasteiger partial charge < -0.3 is 14.0 Å². The second-order valence-electron chi connectivity index (χ2n) is 6.17. The van der Waals surface area contributed by atoms with E-state index in [9.17, 15) is 0 Å². The van der Waals surface area contributed by atoms with E-state index in [2.05, 4.69) is 15.2 Å². The van der Waals surface area contributed by atoms with Crippen molar-refractivity contribution in [3.63, 3.8) is 0 Å². The molecule has 2 atom stereocenters. The Labute approximate surface area is 145 Å². The molecule has 0 amide bonds. The number of para-hydroxylation sites is 1. The molecule has 130 valence electrons. The molecule has 2 aromatic heterocycles. The van der Waals surface area contributed by atoms with Crippen LogP contribution in [0.25, 0.3) is 0 Å². The largest absolute Gasteiger partial charge is 0.485 e. The normalized spacial score (nSPS) is 20.1. The van der Waals surface area contributed by atoms with E-state index in [1.165, 1.54) is 0 Å². The smallest absolute Gasteiger partial charge is 0.233 e. The predicted molar refractivity (Wildman–Crippen MR) is 89.1 cm³/mol. The first-order chi connectivity index (χ1) is 12.2. The maximum Gasteiger partial charge on any atom is 0.233 e. The Morgan fingerprint density at radius 1 is 1.28 bits per heavy atom. The lowest BCUT2D eigenvalue weighted by molar-refractivity contribution is 0.0921. The summed E-state index contributed by atoms with van der Waals surface area (Å²) in [7, 11) is 1.91. The summed E-state index contributed by atoms with van der Waals surface area (Å²) in [6, 6.07) is 9.82. The third kappa shape index (κ3) is 3.15. The van der Waals surface area contributed by atoms with Crippen LogP contribution in [-0.2, 0) is 18.4 Å². The highest BCUT2D eigenvalue weighted by molar-refractivity contribution is 5.31. The third-order valence-corrected chi connectivity index (χ3v) is 4.49. The molecule has 4 rings (SSSR count). The maximum atomic E-state index is 5.88. The average molecular weight is 340 g/mol. The highest BCUT2D eigenvalue weighted by atomic mass is 16.5. The highest BCUT2D eigenvalue weighted by Gasteiger charge is 2.36. The molecule has 1 aliphatic rings. The fraction of sp³-hybridized carbons (Fsp3) is 0.389. The van der Waals surface area contributed by atoms with Crippen LogP contribution < -0.4 is 4.74 Å². The van der Waals surface area contributed by atoms with E-state index >= 15 is 0 Å². The minimum Gasteiger partial charge on any atom is -0.485 e. The number of rotatable bonds is 5. The summed E-state index contributed by atoms with van der Waals surface area (Å²) >= 11 is 0. The molecule has 3 heterocycles. The van der Waals surface area contributed by atoms with Gasteiger partial charge in [0, 0.05) is 19.9 Å². The Hall–Kier alpha value is -2.67. The van der Waals surface area contributed by atoms with Crippen molar-refractivity contribution in [2.75, 3.05) is 6.61 Å². The molecule has 7 nitrogen and oxygen atoms in total. The van der Waals surface area contributed by atoms with Gasteiger partial charge in [0.2, 0.25) is 11.7 Å². The Morgan fingerprint density at radius 3 is 2.96 bits per heavy atom. The van der Waals surface area contributed by atoms with Crippen molar-refractivity contribution >= 4 is 0 Å². The fourth-order valence-electron chi connectivity index (χ4n) is 3.13. The van der Waals surface area contributed by atoms with Gasteiger partial charge >= 0.3 is 0 Å². The summed E-state index contributed by atoms with van der Waals surface area (Å²) in [6.45, 7) is 2.95. The van der Waals surface area contributed by atoms with Crippen molar-refractivity contribution in [1.29, 1.82) is 0 Å². The number of aromatic nitrogens is 4. The second-order valence-corrected chi connectivity index (χ2v) is 6.17. The first-order valence-corrected chi connectivity index (χ1v) is 8.33. The van der Waals surface area contributed by atoms with Crippen molar-refractivity contribution in [3.05, 3.63) is 59.5 Å². The van der Waals surface area contributed by atoms with E-state index < -0.39 is 0 Å². The van der Waals surface area contributed by atoms with Gasteiger partial charge in [0.15, 0.2) is 6.61 Å². The van der Waals surface area contributed by atoms with E-state index in [1.807, 2.05) is 49.0 Å². The molecular formula is C18H20N4O3. The minimum atomic E-state index is -0.113. The van der Waals surface area contributed by atoms with Crippen LogP contribution in [0, 0.1) is 6.92 Å². The van der Waals surface area contributed by atoms with Gasteiger partial charge in [-0.15, -0.1) is 0 Å². The van der Waals surface area contributed by atoms with Gasteiger partial charge in [-0.25, -0.2) is 0 Å². The number of aryl methyl sites for hydroxylation is 2. The van der Waals surface area contributed by atoms with Gasteiger partial charge in [-0.3, -0.25) is 4.68 Å². The summed E-state index contributed by atoms with van der Waals surface area (Å²) < 4.78 is 19.0. The van der Waals surface area contributed by atoms with Crippen LogP contribution in [0.3, 0.4) is 0 Å². The lowest BCUT2D eigenvalue weighted by atomic mass is 9.99. The zero-order chi connectivity index (χ0) is 17.2. The average Bonchev–Trinajstić information content (AvgIpc) is 3.33. The molecule has 1 saturated heterocycles. The predicted octanol–water partition coefficient (Wildman–Crippen LogP) is 2.94. The van der Waals surface area contributed by atoms with Crippen molar-refractivity contribution < 1.29 is 14.0 Å². The molecule has 3 aromatic rings. The van der Waals surface area contributed by atoms with Crippen LogP contribution in [0.4, 0.5) is 0 Å². The van der Waals surface area contributed by atoms with Crippen LogP contribution in [-0.4, -0.2) is 26.5 Å². The maximum absolute atomic E-state index is 5.88. The highest BCUT2D eigenvalue weighted by Crippen LogP contribution is 2.40. The standard InChI is InChI=1S/C18H20N4O3/c1-12-5-3-4-6-15(12)24-11-16-20-18(25-21-16)13-8-10-23-17(13)14-7-9-19-22(14)2/h3-7,9,13,17H,8,10-11H2,1-2H3/t13-,17-/m1/s1. The summed E-state index contributed by atoms with van der Waals surface area (Å²) in [5, 5.41) is 8.27. The molecule has 1 aromatic carbocycles. The molecule has 0 spiro atoms. The summed E-state index contributed by atoms with van der Waals surface area (Å²) in [6.07, 6.45) is 2.50. The molecule has 0 radical (unpaired) electrons. The van der Waals surface area contributed by atoms with Crippen LogP contribution in [0.2, 0.25) is 0 Å². The monoisotopic (exact) mass is 340 g/mol. The Morgan fingerprint density at radius 2 is 2.16 bits per heavy atom. The van der Waals surface area contributed by atoms with Crippen LogP contribution in [0.5, 0.6) is 5.75 Å². The molecular weight excluding hydrogens is 320 g/mol. The number of hydrogen-bond acceptors (Lipinski definition) is 6. The molecule has 7 heteroatoms. The molecule has 0 bridgehead atoms. The van der Waals surface area contributed by atoms with E-state index in [-0.39, 0.29) is 18.6 Å². The topological polar surface area (TPSA) is 75.2 Å². The number of hydrogen-bond donors (Lipinski definition) is 0. The van der Waals surface area contributed by atoms with E-state index in [4.69, 9.17) is 14.0 Å². The lowest BCUT2D eigenvalue weighted by Crippen LogP contribution is -2.11. The van der Waals surface area contributed by atoms with E-state index in [1.54, 1.807) is 6.20 Å². The summed E-state index contributed by atoms with van der Waals surface area (Å²) in [5.74, 6) is 1.99. The molecule has 0 N–H and O–H groups in total. The minimum absolute atomic E-state index is 0.0371. The van der Waals surface area contributed by atoms with Crippen molar-refractivity contribution in [2.45, 2.75) is 32.0 Å². The molecule has 1 aliphatic heterocycles. The van der Waals surface area contributed by atoms with Crippen molar-refractivity contribution in [1.82, 2.24) is 19.9 Å². The first-order valence-electron chi connectivity index (χ1n) is 8.33. The second kappa shape index (κ2) is 6.68. The van der Waals surface area contributed by atoms with Gasteiger partial charge in [0.25, 0.3) is 0 Å². The summed E-state index contributed by atoms with van der Waals surface area (Å²) in [4.78, 5) is 4.51. The quantitative estimate of drug-likeness (QED) is 0.711. The van der Waals surface area contributed by atoms with E-state index in [0.717, 1.165) is 23.4 Å². The van der Waals surface area contributed by atoms with Crippen LogP contribution in [0.15, 0.2) is 41.1 Å². The van der Waals surface area contributed by atoms with Gasteiger partial charge in [0.05, 0.1) is 11.6 Å². The van der Waals surface area contributed by atoms with Crippen molar-refractivity contribution in [3.8, 4) is 5.75 Å². The number of ether oxygens (including phenoxy) is 2. The zero-order valence-electron chi connectivity index (χ0n) is 14.3. The molecule has 0 saturated carbocycles. The number of nitrogens with zero attached hydrogens (tertiary/aromatic N) is 4. The molecule has 1 fully saturated rings. The van der Waals surface area contributed by atoms with Gasteiger partial charge in [-0.1, -0.05) is 23.4 Å². The SMILES string of the molecule is Cc1ccccc1OCc1noc([C@@H]2CCO[C@H]2c2ccnn2C)n1. The van der Waals surface area contributed by atoms with Crippen LogP contribution in [0.1, 0.15) is 41.4 Å². The zero-order valence-corrected chi connectivity index (χ0v) is 14.3. The van der Waals surface area contributed by atoms with Crippen LogP contribution >= 0.6 is 0 Å². The lowest BCUT2D eigenvalue weighted by Gasteiger charge is -2.15. The Bertz CT molecular complexity index is 857.